The highest BCUT2D eigenvalue weighted by Crippen LogP contribution is 2.38. The van der Waals surface area contributed by atoms with E-state index >= 15 is 0 Å². The van der Waals surface area contributed by atoms with Gasteiger partial charge in [0.25, 0.3) is 0 Å². The van der Waals surface area contributed by atoms with E-state index in [2.05, 4.69) is 51.3 Å². The second-order valence-electron chi connectivity index (χ2n) is 8.20. The van der Waals surface area contributed by atoms with Crippen LogP contribution in [-0.4, -0.2) is 57.0 Å². The maximum atomic E-state index is 14.0. The number of H-pyrrole nitrogens is 1. The lowest BCUT2D eigenvalue weighted by atomic mass is 9.71. The second kappa shape index (κ2) is 9.90. The van der Waals surface area contributed by atoms with E-state index in [1.165, 1.54) is 5.56 Å². The number of aromatic nitrogens is 2. The zero-order chi connectivity index (χ0) is 21.5. The monoisotopic (exact) mass is 418 g/mol. The SMILES string of the molecule is O=C(N(CCO)Cc1ncc[nH]1)C1(c2ccccc2)CCN(Cc2ccccc2)CC1. The number of piperidine rings is 1. The van der Waals surface area contributed by atoms with E-state index in [-0.39, 0.29) is 12.5 Å². The van der Waals surface area contributed by atoms with E-state index in [1.54, 1.807) is 17.3 Å². The smallest absolute Gasteiger partial charge is 0.233 e. The third kappa shape index (κ3) is 4.86. The summed E-state index contributed by atoms with van der Waals surface area (Å²) in [7, 11) is 0. The van der Waals surface area contributed by atoms with Crippen molar-refractivity contribution in [3.63, 3.8) is 0 Å². The first-order chi connectivity index (χ1) is 15.2. The Bertz CT molecular complexity index is 936. The maximum absolute atomic E-state index is 14.0. The number of nitrogens with one attached hydrogen (secondary N) is 1. The average molecular weight is 419 g/mol. The van der Waals surface area contributed by atoms with E-state index in [0.717, 1.165) is 43.9 Å². The molecule has 2 heterocycles. The molecule has 0 aliphatic carbocycles. The van der Waals surface area contributed by atoms with Gasteiger partial charge in [-0.3, -0.25) is 9.69 Å². The summed E-state index contributed by atoms with van der Waals surface area (Å²) in [5, 5.41) is 9.64. The summed E-state index contributed by atoms with van der Waals surface area (Å²) in [4.78, 5) is 25.5. The zero-order valence-electron chi connectivity index (χ0n) is 17.8. The van der Waals surface area contributed by atoms with E-state index in [9.17, 15) is 9.90 Å². The van der Waals surface area contributed by atoms with Crippen molar-refractivity contribution >= 4 is 5.91 Å². The number of amides is 1. The molecule has 0 radical (unpaired) electrons. The van der Waals surface area contributed by atoms with Crippen LogP contribution >= 0.6 is 0 Å². The summed E-state index contributed by atoms with van der Waals surface area (Å²) in [6, 6.07) is 20.6. The Kier molecular flexibility index (Phi) is 6.79. The second-order valence-corrected chi connectivity index (χ2v) is 8.20. The van der Waals surface area contributed by atoms with Gasteiger partial charge >= 0.3 is 0 Å². The Hall–Kier alpha value is -2.96. The van der Waals surface area contributed by atoms with Gasteiger partial charge in [0, 0.05) is 25.5 Å². The van der Waals surface area contributed by atoms with Crippen LogP contribution in [0.15, 0.2) is 73.1 Å². The molecule has 3 aromatic rings. The molecule has 1 aliphatic rings. The predicted octanol–water partition coefficient (Wildman–Crippen LogP) is 2.96. The van der Waals surface area contributed by atoms with Crippen LogP contribution in [0.4, 0.5) is 0 Å². The molecular weight excluding hydrogens is 388 g/mol. The first-order valence-electron chi connectivity index (χ1n) is 10.9. The zero-order valence-corrected chi connectivity index (χ0v) is 17.8. The Morgan fingerprint density at radius 3 is 2.35 bits per heavy atom. The van der Waals surface area contributed by atoms with Crippen molar-refractivity contribution in [2.75, 3.05) is 26.2 Å². The van der Waals surface area contributed by atoms with Crippen molar-refractivity contribution in [2.24, 2.45) is 0 Å². The molecule has 0 spiro atoms. The first-order valence-corrected chi connectivity index (χ1v) is 10.9. The van der Waals surface area contributed by atoms with Crippen molar-refractivity contribution < 1.29 is 9.90 Å². The van der Waals surface area contributed by atoms with E-state index in [1.807, 2.05) is 24.3 Å². The molecule has 1 fully saturated rings. The Balaban J connectivity index is 1.56. The third-order valence-corrected chi connectivity index (χ3v) is 6.25. The number of imidazole rings is 1. The molecule has 162 valence electrons. The van der Waals surface area contributed by atoms with Gasteiger partial charge in [-0.15, -0.1) is 0 Å². The lowest BCUT2D eigenvalue weighted by molar-refractivity contribution is -0.141. The molecule has 6 nitrogen and oxygen atoms in total. The minimum Gasteiger partial charge on any atom is -0.395 e. The molecule has 2 N–H and O–H groups in total. The number of carbonyl (C=O) groups is 1. The molecule has 1 aliphatic heterocycles. The van der Waals surface area contributed by atoms with Crippen LogP contribution in [0.5, 0.6) is 0 Å². The molecule has 0 atom stereocenters. The van der Waals surface area contributed by atoms with Gasteiger partial charge in [0.1, 0.15) is 5.82 Å². The molecule has 31 heavy (non-hydrogen) atoms. The number of carbonyl (C=O) groups excluding carboxylic acids is 1. The van der Waals surface area contributed by atoms with Crippen molar-refractivity contribution in [3.8, 4) is 0 Å². The molecule has 1 aromatic heterocycles. The van der Waals surface area contributed by atoms with Gasteiger partial charge in [0.05, 0.1) is 18.6 Å². The van der Waals surface area contributed by atoms with Gasteiger partial charge in [-0.2, -0.15) is 0 Å². The van der Waals surface area contributed by atoms with E-state index < -0.39 is 5.41 Å². The topological polar surface area (TPSA) is 72.5 Å². The van der Waals surface area contributed by atoms with Gasteiger partial charge in [-0.05, 0) is 37.1 Å². The van der Waals surface area contributed by atoms with Crippen LogP contribution < -0.4 is 0 Å². The minimum absolute atomic E-state index is 0.0720. The molecule has 1 saturated heterocycles. The largest absolute Gasteiger partial charge is 0.395 e. The summed E-state index contributed by atoms with van der Waals surface area (Å²) in [6.07, 6.45) is 4.95. The molecule has 4 rings (SSSR count). The summed E-state index contributed by atoms with van der Waals surface area (Å²) in [5.74, 6) is 0.801. The summed E-state index contributed by atoms with van der Waals surface area (Å²) >= 11 is 0. The Labute approximate surface area is 183 Å². The lowest BCUT2D eigenvalue weighted by Crippen LogP contribution is -2.53. The van der Waals surface area contributed by atoms with Crippen molar-refractivity contribution in [1.82, 2.24) is 19.8 Å². The molecule has 2 aromatic carbocycles. The maximum Gasteiger partial charge on any atom is 0.233 e. The van der Waals surface area contributed by atoms with Crippen LogP contribution in [0.3, 0.4) is 0 Å². The fraction of sp³-hybridized carbons (Fsp3) is 0.360. The minimum atomic E-state index is -0.587. The predicted molar refractivity (Wildman–Crippen MR) is 120 cm³/mol. The van der Waals surface area contributed by atoms with Gasteiger partial charge in [-0.25, -0.2) is 4.98 Å². The fourth-order valence-electron chi connectivity index (χ4n) is 4.56. The van der Waals surface area contributed by atoms with Gasteiger partial charge in [0.2, 0.25) is 5.91 Å². The third-order valence-electron chi connectivity index (χ3n) is 6.25. The number of hydrogen-bond donors (Lipinski definition) is 2. The van der Waals surface area contributed by atoms with Crippen molar-refractivity contribution in [3.05, 3.63) is 90.0 Å². The van der Waals surface area contributed by atoms with Gasteiger partial charge in [-0.1, -0.05) is 60.7 Å². The first kappa shape index (κ1) is 21.3. The standard InChI is InChI=1S/C25H30N4O2/c30-18-17-29(20-23-26-13-14-27-23)24(31)25(22-9-5-2-6-10-22)11-15-28(16-12-25)19-21-7-3-1-4-8-21/h1-10,13-14,30H,11-12,15-20H2,(H,26,27). The number of benzene rings is 2. The molecule has 0 bridgehead atoms. The normalized spacial score (nSPS) is 16.2. The lowest BCUT2D eigenvalue weighted by Gasteiger charge is -2.43. The molecule has 1 amide bonds. The number of aromatic amines is 1. The van der Waals surface area contributed by atoms with Crippen molar-refractivity contribution in [1.29, 1.82) is 0 Å². The van der Waals surface area contributed by atoms with Crippen LogP contribution in [0.1, 0.15) is 29.8 Å². The number of aliphatic hydroxyl groups excluding tert-OH is 1. The van der Waals surface area contributed by atoms with Crippen LogP contribution in [0, 0.1) is 0 Å². The fourth-order valence-corrected chi connectivity index (χ4v) is 4.56. The highest BCUT2D eigenvalue weighted by molar-refractivity contribution is 5.88. The number of aliphatic hydroxyl groups is 1. The number of likely N-dealkylation sites (tertiary alicyclic amines) is 1. The van der Waals surface area contributed by atoms with Crippen LogP contribution in [-0.2, 0) is 23.3 Å². The highest BCUT2D eigenvalue weighted by atomic mass is 16.3. The summed E-state index contributed by atoms with van der Waals surface area (Å²) < 4.78 is 0. The van der Waals surface area contributed by atoms with Gasteiger partial charge in [0.15, 0.2) is 0 Å². The van der Waals surface area contributed by atoms with Gasteiger partial charge < -0.3 is 15.0 Å². The van der Waals surface area contributed by atoms with Crippen molar-refractivity contribution in [2.45, 2.75) is 31.3 Å². The average Bonchev–Trinajstić information content (AvgIpc) is 3.33. The number of nitrogens with zero attached hydrogens (tertiary/aromatic N) is 3. The summed E-state index contributed by atoms with van der Waals surface area (Å²) in [6.45, 7) is 3.19. The summed E-state index contributed by atoms with van der Waals surface area (Å²) in [5.41, 5.74) is 1.76. The quantitative estimate of drug-likeness (QED) is 0.590. The Morgan fingerprint density at radius 2 is 1.74 bits per heavy atom. The van der Waals surface area contributed by atoms with Crippen LogP contribution in [0.25, 0.3) is 0 Å². The van der Waals surface area contributed by atoms with E-state index in [4.69, 9.17) is 0 Å². The number of rotatable bonds is 8. The van der Waals surface area contributed by atoms with E-state index in [0.29, 0.717) is 13.1 Å². The number of hydrogen-bond acceptors (Lipinski definition) is 4. The Morgan fingerprint density at radius 1 is 1.06 bits per heavy atom. The highest BCUT2D eigenvalue weighted by Gasteiger charge is 2.45. The molecule has 0 unspecified atom stereocenters. The molecule has 0 saturated carbocycles. The molecule has 6 heteroatoms. The molecular formula is C25H30N4O2. The van der Waals surface area contributed by atoms with Crippen LogP contribution in [0.2, 0.25) is 0 Å².